The summed E-state index contributed by atoms with van der Waals surface area (Å²) in [5, 5.41) is 4.09. The minimum absolute atomic E-state index is 0.234. The smallest absolute Gasteiger partial charge is 0.267 e. The van der Waals surface area contributed by atoms with E-state index in [-0.39, 0.29) is 10.8 Å². The molecule has 5 nitrogen and oxygen atoms in total. The number of nitrogens with one attached hydrogen (secondary N) is 1. The van der Waals surface area contributed by atoms with Crippen molar-refractivity contribution in [2.24, 2.45) is 0 Å². The van der Waals surface area contributed by atoms with Gasteiger partial charge in [-0.1, -0.05) is 56.5 Å². The Morgan fingerprint density at radius 1 is 1.00 bits per heavy atom. The van der Waals surface area contributed by atoms with Gasteiger partial charge in [0.2, 0.25) is 10.0 Å². The minimum Gasteiger partial charge on any atom is -0.321 e. The van der Waals surface area contributed by atoms with Crippen molar-refractivity contribution in [1.82, 2.24) is 4.31 Å². The van der Waals surface area contributed by atoms with Gasteiger partial charge in [0.1, 0.15) is 4.88 Å². The number of fused-ring (bicyclic) bond motifs is 1. The molecule has 31 heavy (non-hydrogen) atoms. The molecule has 0 aliphatic carbocycles. The van der Waals surface area contributed by atoms with Gasteiger partial charge in [0.15, 0.2) is 0 Å². The van der Waals surface area contributed by atoms with E-state index in [4.69, 9.17) is 11.6 Å². The van der Waals surface area contributed by atoms with Crippen molar-refractivity contribution in [2.75, 3.05) is 18.4 Å². The monoisotopic (exact) mass is 478 g/mol. The average Bonchev–Trinajstić information content (AvgIpc) is 3.11. The number of carbonyl (C=O) groups excluding carboxylic acids is 1. The molecule has 3 rings (SSSR count). The quantitative estimate of drug-likeness (QED) is 0.366. The molecule has 0 saturated heterocycles. The predicted octanol–water partition coefficient (Wildman–Crippen LogP) is 6.40. The zero-order chi connectivity index (χ0) is 22.4. The van der Waals surface area contributed by atoms with Crippen molar-refractivity contribution < 1.29 is 13.2 Å². The van der Waals surface area contributed by atoms with E-state index in [9.17, 15) is 13.2 Å². The van der Waals surface area contributed by atoms with Crippen LogP contribution in [0.15, 0.2) is 53.4 Å². The highest BCUT2D eigenvalue weighted by molar-refractivity contribution is 7.89. The van der Waals surface area contributed by atoms with Crippen molar-refractivity contribution >= 4 is 54.6 Å². The van der Waals surface area contributed by atoms with Gasteiger partial charge in [0.25, 0.3) is 5.91 Å². The summed E-state index contributed by atoms with van der Waals surface area (Å²) in [6.07, 6.45) is 3.52. The van der Waals surface area contributed by atoms with E-state index >= 15 is 0 Å². The van der Waals surface area contributed by atoms with Crippen LogP contribution in [0.4, 0.5) is 5.69 Å². The number of rotatable bonds is 10. The van der Waals surface area contributed by atoms with Gasteiger partial charge in [0, 0.05) is 28.9 Å². The molecule has 2 aromatic carbocycles. The highest BCUT2D eigenvalue weighted by Gasteiger charge is 2.24. The van der Waals surface area contributed by atoms with Crippen molar-refractivity contribution in [3.8, 4) is 0 Å². The standard InChI is InChI=1S/C23H27ClN2O3S2/c1-3-5-15-26(16-6-4-2)31(28,29)18-13-11-17(12-14-18)25-23(27)22-21(24)19-9-7-8-10-20(19)30-22/h7-14H,3-6,15-16H2,1-2H3,(H,25,27). The molecule has 0 fully saturated rings. The number of benzene rings is 2. The topological polar surface area (TPSA) is 66.5 Å². The van der Waals surface area contributed by atoms with Gasteiger partial charge in [-0.2, -0.15) is 4.31 Å². The van der Waals surface area contributed by atoms with Crippen LogP contribution in [-0.4, -0.2) is 31.7 Å². The van der Waals surface area contributed by atoms with E-state index in [1.165, 1.54) is 11.3 Å². The highest BCUT2D eigenvalue weighted by Crippen LogP contribution is 2.35. The Kier molecular flexibility index (Phi) is 8.11. The van der Waals surface area contributed by atoms with Gasteiger partial charge in [-0.15, -0.1) is 11.3 Å². The molecular formula is C23H27ClN2O3S2. The number of amides is 1. The lowest BCUT2D eigenvalue weighted by Gasteiger charge is -2.22. The summed E-state index contributed by atoms with van der Waals surface area (Å²) in [4.78, 5) is 13.4. The largest absolute Gasteiger partial charge is 0.321 e. The molecule has 1 N–H and O–H groups in total. The van der Waals surface area contributed by atoms with Crippen molar-refractivity contribution in [1.29, 1.82) is 0 Å². The first-order chi connectivity index (χ1) is 14.9. The Morgan fingerprint density at radius 3 is 2.19 bits per heavy atom. The number of carbonyl (C=O) groups is 1. The molecule has 0 saturated carbocycles. The van der Waals surface area contributed by atoms with Gasteiger partial charge in [-0.05, 0) is 43.2 Å². The van der Waals surface area contributed by atoms with Crippen LogP contribution in [0.25, 0.3) is 10.1 Å². The van der Waals surface area contributed by atoms with Crippen LogP contribution in [0.2, 0.25) is 5.02 Å². The lowest BCUT2D eigenvalue weighted by atomic mass is 10.2. The Bertz CT molecular complexity index is 1130. The molecule has 0 radical (unpaired) electrons. The lowest BCUT2D eigenvalue weighted by Crippen LogP contribution is -2.33. The molecule has 0 bridgehead atoms. The fourth-order valence-corrected chi connectivity index (χ4v) is 6.16. The second kappa shape index (κ2) is 10.6. The van der Waals surface area contributed by atoms with E-state index in [1.807, 2.05) is 38.1 Å². The molecule has 1 aromatic heterocycles. The molecule has 3 aromatic rings. The zero-order valence-corrected chi connectivity index (χ0v) is 20.1. The van der Waals surface area contributed by atoms with Crippen LogP contribution >= 0.6 is 22.9 Å². The molecule has 1 heterocycles. The molecule has 0 aliphatic heterocycles. The maximum atomic E-state index is 13.1. The molecule has 0 aliphatic rings. The van der Waals surface area contributed by atoms with E-state index < -0.39 is 10.0 Å². The van der Waals surface area contributed by atoms with Gasteiger partial charge in [-0.25, -0.2) is 8.42 Å². The highest BCUT2D eigenvalue weighted by atomic mass is 35.5. The Balaban J connectivity index is 1.76. The summed E-state index contributed by atoms with van der Waals surface area (Å²) < 4.78 is 28.6. The third-order valence-electron chi connectivity index (χ3n) is 5.01. The average molecular weight is 479 g/mol. The Morgan fingerprint density at radius 2 is 1.61 bits per heavy atom. The van der Waals surface area contributed by atoms with Crippen LogP contribution < -0.4 is 5.32 Å². The van der Waals surface area contributed by atoms with Crippen molar-refractivity contribution in [2.45, 2.75) is 44.4 Å². The Labute approximate surface area is 193 Å². The van der Waals surface area contributed by atoms with E-state index in [1.54, 1.807) is 28.6 Å². The molecule has 0 unspecified atom stereocenters. The number of hydrogen-bond donors (Lipinski definition) is 1. The van der Waals surface area contributed by atoms with Gasteiger partial charge in [-0.3, -0.25) is 4.79 Å². The second-order valence-electron chi connectivity index (χ2n) is 7.33. The number of anilines is 1. The normalized spacial score (nSPS) is 11.9. The molecule has 1 amide bonds. The summed E-state index contributed by atoms with van der Waals surface area (Å²) in [6, 6.07) is 13.9. The number of thiophene rings is 1. The second-order valence-corrected chi connectivity index (χ2v) is 10.7. The summed E-state index contributed by atoms with van der Waals surface area (Å²) in [5.41, 5.74) is 0.520. The van der Waals surface area contributed by atoms with Gasteiger partial charge in [0.05, 0.1) is 9.92 Å². The SMILES string of the molecule is CCCCN(CCCC)S(=O)(=O)c1ccc(NC(=O)c2sc3ccccc3c2Cl)cc1. The number of unbranched alkanes of at least 4 members (excludes halogenated alkanes) is 2. The third kappa shape index (κ3) is 5.47. The number of sulfonamides is 1. The van der Waals surface area contributed by atoms with Gasteiger partial charge >= 0.3 is 0 Å². The van der Waals surface area contributed by atoms with Crippen molar-refractivity contribution in [3.05, 3.63) is 58.4 Å². The fraction of sp³-hybridized carbons (Fsp3) is 0.348. The van der Waals surface area contributed by atoms with Crippen LogP contribution in [0.3, 0.4) is 0 Å². The third-order valence-corrected chi connectivity index (χ3v) is 8.60. The van der Waals surface area contributed by atoms with Crippen LogP contribution in [0.1, 0.15) is 49.2 Å². The van der Waals surface area contributed by atoms with Crippen LogP contribution in [0, 0.1) is 0 Å². The first-order valence-electron chi connectivity index (χ1n) is 10.5. The van der Waals surface area contributed by atoms with Crippen LogP contribution in [0.5, 0.6) is 0 Å². The van der Waals surface area contributed by atoms with E-state index in [0.717, 1.165) is 35.8 Å². The molecule has 0 spiro atoms. The number of hydrogen-bond acceptors (Lipinski definition) is 4. The first-order valence-corrected chi connectivity index (χ1v) is 13.1. The summed E-state index contributed by atoms with van der Waals surface area (Å²) in [6.45, 7) is 5.12. The fourth-order valence-electron chi connectivity index (χ4n) is 3.23. The zero-order valence-electron chi connectivity index (χ0n) is 17.7. The maximum Gasteiger partial charge on any atom is 0.267 e. The molecule has 166 valence electrons. The first kappa shape index (κ1) is 23.7. The van der Waals surface area contributed by atoms with Crippen LogP contribution in [-0.2, 0) is 10.0 Å². The number of nitrogens with zero attached hydrogens (tertiary/aromatic N) is 1. The summed E-state index contributed by atoms with van der Waals surface area (Å²) in [5.74, 6) is -0.311. The van der Waals surface area contributed by atoms with Gasteiger partial charge < -0.3 is 5.32 Å². The predicted molar refractivity (Wildman–Crippen MR) is 130 cm³/mol. The molecule has 8 heteroatoms. The molecule has 0 atom stereocenters. The van der Waals surface area contributed by atoms with Crippen molar-refractivity contribution in [3.63, 3.8) is 0 Å². The Hall–Kier alpha value is -1.93. The van der Waals surface area contributed by atoms with E-state index in [2.05, 4.69) is 5.32 Å². The lowest BCUT2D eigenvalue weighted by molar-refractivity contribution is 0.103. The number of halogens is 1. The maximum absolute atomic E-state index is 13.1. The summed E-state index contributed by atoms with van der Waals surface area (Å²) >= 11 is 7.72. The van der Waals surface area contributed by atoms with E-state index in [0.29, 0.717) is 28.7 Å². The summed E-state index contributed by atoms with van der Waals surface area (Å²) in [7, 11) is -3.57. The minimum atomic E-state index is -3.57. The molecular weight excluding hydrogens is 452 g/mol.